The monoisotopic (exact) mass is 480 g/mol. The van der Waals surface area contributed by atoms with Crippen LogP contribution in [0, 0.1) is 6.92 Å². The lowest BCUT2D eigenvalue weighted by Gasteiger charge is -2.38. The third-order valence-electron chi connectivity index (χ3n) is 4.58. The van der Waals surface area contributed by atoms with Crippen molar-refractivity contribution in [2.24, 2.45) is 4.99 Å². The van der Waals surface area contributed by atoms with Gasteiger partial charge in [-0.05, 0) is 26.2 Å². The van der Waals surface area contributed by atoms with Gasteiger partial charge in [-0.25, -0.2) is 4.98 Å². The predicted molar refractivity (Wildman–Crippen MR) is 117 cm³/mol. The zero-order valence-corrected chi connectivity index (χ0v) is 19.2. The van der Waals surface area contributed by atoms with Crippen molar-refractivity contribution in [1.82, 2.24) is 15.2 Å². The van der Waals surface area contributed by atoms with Crippen LogP contribution in [0.4, 0.5) is 0 Å². The molecule has 0 saturated heterocycles. The van der Waals surface area contributed by atoms with Crippen molar-refractivity contribution in [2.75, 3.05) is 27.2 Å². The molecule has 1 N–H and O–H groups in total. The summed E-state index contributed by atoms with van der Waals surface area (Å²) >= 11 is 1.69. The fraction of sp³-hybridized carbons (Fsp3) is 0.778. The van der Waals surface area contributed by atoms with Gasteiger partial charge in [0.1, 0.15) is 0 Å². The molecule has 0 spiro atoms. The first-order valence-corrected chi connectivity index (χ1v) is 9.93. The highest BCUT2D eigenvalue weighted by Gasteiger charge is 2.33. The minimum absolute atomic E-state index is 0. The number of rotatable bonds is 7. The summed E-state index contributed by atoms with van der Waals surface area (Å²) in [6.07, 6.45) is 7.21. The number of guanidine groups is 1. The fourth-order valence-corrected chi connectivity index (χ4v) is 3.91. The molecule has 0 atom stereocenters. The minimum atomic E-state index is -0.0255. The Morgan fingerprint density at radius 3 is 2.68 bits per heavy atom. The number of aryl methyl sites for hydroxylation is 1. The molecule has 144 valence electrons. The Balaban J connectivity index is 0.00000312. The number of hydrogen-bond donors (Lipinski definition) is 1. The average Bonchev–Trinajstić information content (AvgIpc) is 2.99. The molecule has 1 fully saturated rings. The maximum Gasteiger partial charge on any atom is 0.193 e. The van der Waals surface area contributed by atoms with Crippen LogP contribution in [0.25, 0.3) is 0 Å². The van der Waals surface area contributed by atoms with Crippen molar-refractivity contribution in [1.29, 1.82) is 0 Å². The second-order valence-corrected chi connectivity index (χ2v) is 7.77. The standard InChI is InChI=1S/C18H32N4OS.HI/c1-5-11-23-18(9-7-6-8-10-18)14-20-17(19-3)22(4)12-16-13-24-15(2)21-16;/h13H,5-12,14H2,1-4H3,(H,19,20);1H. The Kier molecular flexibility index (Phi) is 10.3. The van der Waals surface area contributed by atoms with Crippen LogP contribution in [0.2, 0.25) is 0 Å². The predicted octanol–water partition coefficient (Wildman–Crippen LogP) is 4.21. The van der Waals surface area contributed by atoms with E-state index in [1.165, 1.54) is 19.3 Å². The van der Waals surface area contributed by atoms with Crippen LogP contribution in [0.5, 0.6) is 0 Å². The first kappa shape index (κ1) is 22.6. The maximum absolute atomic E-state index is 6.27. The summed E-state index contributed by atoms with van der Waals surface area (Å²) in [5.41, 5.74) is 1.07. The van der Waals surface area contributed by atoms with Crippen LogP contribution in [-0.2, 0) is 11.3 Å². The molecule has 1 aromatic rings. The molecule has 0 unspecified atom stereocenters. The number of nitrogens with one attached hydrogen (secondary N) is 1. The molecule has 1 saturated carbocycles. The first-order chi connectivity index (χ1) is 11.6. The molecular formula is C18H33IN4OS. The van der Waals surface area contributed by atoms with Gasteiger partial charge in [-0.15, -0.1) is 35.3 Å². The Morgan fingerprint density at radius 1 is 1.40 bits per heavy atom. The van der Waals surface area contributed by atoms with E-state index in [0.717, 1.165) is 55.6 Å². The molecular weight excluding hydrogens is 447 g/mol. The number of nitrogens with zero attached hydrogens (tertiary/aromatic N) is 3. The molecule has 0 amide bonds. The third kappa shape index (κ3) is 7.02. The van der Waals surface area contributed by atoms with Gasteiger partial charge in [-0.3, -0.25) is 4.99 Å². The Morgan fingerprint density at radius 2 is 2.12 bits per heavy atom. The zero-order valence-electron chi connectivity index (χ0n) is 16.0. The van der Waals surface area contributed by atoms with Crippen LogP contribution in [0.3, 0.4) is 0 Å². The molecule has 1 aromatic heterocycles. The number of halogens is 1. The van der Waals surface area contributed by atoms with E-state index in [0.29, 0.717) is 0 Å². The Labute approximate surface area is 173 Å². The topological polar surface area (TPSA) is 49.8 Å². The highest BCUT2D eigenvalue weighted by atomic mass is 127. The number of thiazole rings is 1. The number of aliphatic imine (C=N–C) groups is 1. The van der Waals surface area contributed by atoms with Gasteiger partial charge in [0, 0.05) is 32.6 Å². The van der Waals surface area contributed by atoms with Gasteiger partial charge in [-0.2, -0.15) is 0 Å². The third-order valence-corrected chi connectivity index (χ3v) is 5.41. The van der Waals surface area contributed by atoms with Gasteiger partial charge in [0.2, 0.25) is 0 Å². The number of ether oxygens (including phenoxy) is 1. The van der Waals surface area contributed by atoms with Gasteiger partial charge in [0.15, 0.2) is 5.96 Å². The smallest absolute Gasteiger partial charge is 0.193 e. The van der Waals surface area contributed by atoms with Crippen molar-refractivity contribution >= 4 is 41.3 Å². The minimum Gasteiger partial charge on any atom is -0.373 e. The van der Waals surface area contributed by atoms with Gasteiger partial charge in [0.25, 0.3) is 0 Å². The summed E-state index contributed by atoms with van der Waals surface area (Å²) in [5, 5.41) is 6.77. The van der Waals surface area contributed by atoms with Gasteiger partial charge in [-0.1, -0.05) is 26.2 Å². The number of hydrogen-bond acceptors (Lipinski definition) is 4. The Bertz CT molecular complexity index is 529. The molecule has 0 radical (unpaired) electrons. The summed E-state index contributed by atoms with van der Waals surface area (Å²) in [6, 6.07) is 0. The highest BCUT2D eigenvalue weighted by molar-refractivity contribution is 14.0. The quantitative estimate of drug-likeness (QED) is 0.361. The van der Waals surface area contributed by atoms with Crippen LogP contribution >= 0.6 is 35.3 Å². The Hall–Kier alpha value is -0.410. The second-order valence-electron chi connectivity index (χ2n) is 6.71. The molecule has 25 heavy (non-hydrogen) atoms. The first-order valence-electron chi connectivity index (χ1n) is 9.05. The molecule has 1 aliphatic carbocycles. The van der Waals surface area contributed by atoms with Crippen LogP contribution < -0.4 is 5.32 Å². The lowest BCUT2D eigenvalue weighted by molar-refractivity contribution is -0.0659. The lowest BCUT2D eigenvalue weighted by atomic mass is 9.84. The SMILES string of the molecule is CCCOC1(CNC(=NC)N(C)Cc2csc(C)n2)CCCCC1.I. The van der Waals surface area contributed by atoms with Crippen molar-refractivity contribution in [3.05, 3.63) is 16.1 Å². The average molecular weight is 480 g/mol. The van der Waals surface area contributed by atoms with Crippen molar-refractivity contribution in [2.45, 2.75) is 64.5 Å². The van der Waals surface area contributed by atoms with Gasteiger partial charge >= 0.3 is 0 Å². The van der Waals surface area contributed by atoms with E-state index in [9.17, 15) is 0 Å². The largest absolute Gasteiger partial charge is 0.373 e. The number of aromatic nitrogens is 1. The second kappa shape index (κ2) is 11.3. The fourth-order valence-electron chi connectivity index (χ4n) is 3.31. The summed E-state index contributed by atoms with van der Waals surface area (Å²) in [6.45, 7) is 6.66. The van der Waals surface area contributed by atoms with Crippen LogP contribution in [0.1, 0.15) is 56.2 Å². The molecule has 1 heterocycles. The zero-order chi connectivity index (χ0) is 17.4. The van der Waals surface area contributed by atoms with E-state index in [4.69, 9.17) is 4.74 Å². The summed E-state index contributed by atoms with van der Waals surface area (Å²) < 4.78 is 6.27. The van der Waals surface area contributed by atoms with E-state index in [1.54, 1.807) is 11.3 Å². The van der Waals surface area contributed by atoms with E-state index in [1.807, 2.05) is 14.0 Å². The van der Waals surface area contributed by atoms with E-state index < -0.39 is 0 Å². The molecule has 0 aliphatic heterocycles. The molecule has 2 rings (SSSR count). The summed E-state index contributed by atoms with van der Waals surface area (Å²) in [4.78, 5) is 11.1. The van der Waals surface area contributed by atoms with Gasteiger partial charge in [0.05, 0.1) is 22.8 Å². The lowest BCUT2D eigenvalue weighted by Crippen LogP contribution is -2.50. The van der Waals surface area contributed by atoms with Crippen molar-refractivity contribution in [3.8, 4) is 0 Å². The molecule has 5 nitrogen and oxygen atoms in total. The summed E-state index contributed by atoms with van der Waals surface area (Å²) in [7, 11) is 3.90. The van der Waals surface area contributed by atoms with Gasteiger partial charge < -0.3 is 15.0 Å². The molecule has 0 bridgehead atoms. The van der Waals surface area contributed by atoms with Crippen molar-refractivity contribution in [3.63, 3.8) is 0 Å². The molecule has 0 aromatic carbocycles. The van der Waals surface area contributed by atoms with Crippen LogP contribution in [0.15, 0.2) is 10.4 Å². The summed E-state index contributed by atoms with van der Waals surface area (Å²) in [5.74, 6) is 0.908. The van der Waals surface area contributed by atoms with E-state index in [-0.39, 0.29) is 29.6 Å². The van der Waals surface area contributed by atoms with E-state index in [2.05, 4.69) is 39.5 Å². The van der Waals surface area contributed by atoms with E-state index >= 15 is 0 Å². The van der Waals surface area contributed by atoms with Crippen LogP contribution in [-0.4, -0.2) is 48.7 Å². The molecule has 1 aliphatic rings. The molecule has 7 heteroatoms. The highest BCUT2D eigenvalue weighted by Crippen LogP contribution is 2.31. The normalized spacial score (nSPS) is 17.0. The maximum atomic E-state index is 6.27. The van der Waals surface area contributed by atoms with Crippen molar-refractivity contribution < 1.29 is 4.74 Å².